The fourth-order valence-corrected chi connectivity index (χ4v) is 2.02. The highest BCUT2D eigenvalue weighted by atomic mass is 35.5. The summed E-state index contributed by atoms with van der Waals surface area (Å²) in [5.41, 5.74) is -0.907. The summed E-state index contributed by atoms with van der Waals surface area (Å²) in [7, 11) is 1.98. The molecule has 1 aromatic heterocycles. The molecule has 7 heteroatoms. The molecule has 1 fully saturated rings. The molecule has 1 aliphatic rings. The summed E-state index contributed by atoms with van der Waals surface area (Å²) in [4.78, 5) is 27.7. The molecule has 17 heavy (non-hydrogen) atoms. The summed E-state index contributed by atoms with van der Waals surface area (Å²) in [5.74, 6) is 0. The normalized spacial score (nSPS) is 21.6. The van der Waals surface area contributed by atoms with Gasteiger partial charge in [0.05, 0.1) is 19.3 Å². The van der Waals surface area contributed by atoms with Crippen LogP contribution in [0.15, 0.2) is 15.7 Å². The van der Waals surface area contributed by atoms with Crippen molar-refractivity contribution in [1.82, 2.24) is 14.5 Å². The summed E-state index contributed by atoms with van der Waals surface area (Å²) in [5, 5.41) is 0.0536. The van der Waals surface area contributed by atoms with E-state index in [9.17, 15) is 9.59 Å². The Hall–Kier alpha value is -1.11. The molecule has 1 atom stereocenters. The second kappa shape index (κ2) is 5.03. The topological polar surface area (TPSA) is 67.3 Å². The van der Waals surface area contributed by atoms with Crippen molar-refractivity contribution in [2.45, 2.75) is 12.6 Å². The van der Waals surface area contributed by atoms with Gasteiger partial charge in [0.25, 0.3) is 5.56 Å². The molecule has 1 saturated heterocycles. The first kappa shape index (κ1) is 12.3. The zero-order valence-electron chi connectivity index (χ0n) is 9.48. The molecule has 0 spiro atoms. The molecule has 1 unspecified atom stereocenters. The van der Waals surface area contributed by atoms with Gasteiger partial charge in [-0.25, -0.2) is 4.79 Å². The predicted molar refractivity (Wildman–Crippen MR) is 63.6 cm³/mol. The van der Waals surface area contributed by atoms with E-state index >= 15 is 0 Å². The fourth-order valence-electron chi connectivity index (χ4n) is 1.85. The van der Waals surface area contributed by atoms with Crippen molar-refractivity contribution in [3.05, 3.63) is 32.1 Å². The number of rotatable bonds is 2. The van der Waals surface area contributed by atoms with Crippen molar-refractivity contribution in [3.8, 4) is 0 Å². The van der Waals surface area contributed by atoms with E-state index in [-0.39, 0.29) is 17.8 Å². The quantitative estimate of drug-likeness (QED) is 0.729. The smallest absolute Gasteiger partial charge is 0.329 e. The molecule has 94 valence electrons. The molecular weight excluding hydrogens is 246 g/mol. The minimum Gasteiger partial charge on any atom is -0.374 e. The van der Waals surface area contributed by atoms with E-state index in [1.54, 1.807) is 0 Å². The summed E-state index contributed by atoms with van der Waals surface area (Å²) < 4.78 is 6.61. The third-order valence-electron chi connectivity index (χ3n) is 2.72. The lowest BCUT2D eigenvalue weighted by molar-refractivity contribution is -0.0284. The van der Waals surface area contributed by atoms with Crippen LogP contribution < -0.4 is 11.2 Å². The van der Waals surface area contributed by atoms with Crippen LogP contribution in [-0.4, -0.2) is 47.3 Å². The van der Waals surface area contributed by atoms with Gasteiger partial charge in [-0.15, -0.1) is 0 Å². The lowest BCUT2D eigenvalue weighted by Gasteiger charge is -2.30. The van der Waals surface area contributed by atoms with E-state index in [4.69, 9.17) is 16.3 Å². The summed E-state index contributed by atoms with van der Waals surface area (Å²) in [6.45, 7) is 2.42. The monoisotopic (exact) mass is 259 g/mol. The second-order valence-electron chi connectivity index (χ2n) is 4.13. The standard InChI is InChI=1S/C10H14ClN3O3/c1-13-2-3-17-7(5-13)6-14-9(15)4-8(11)12-10(14)16/h4,7H,2-3,5-6H2,1H3,(H,12,16). The van der Waals surface area contributed by atoms with Crippen molar-refractivity contribution in [3.63, 3.8) is 0 Å². The zero-order chi connectivity index (χ0) is 12.4. The Balaban J connectivity index is 2.19. The van der Waals surface area contributed by atoms with Crippen molar-refractivity contribution >= 4 is 11.6 Å². The van der Waals surface area contributed by atoms with E-state index in [1.807, 2.05) is 7.05 Å². The van der Waals surface area contributed by atoms with E-state index < -0.39 is 11.2 Å². The maximum atomic E-state index is 11.6. The molecule has 0 saturated carbocycles. The Labute approximate surface area is 103 Å². The number of hydrogen-bond acceptors (Lipinski definition) is 4. The molecule has 0 radical (unpaired) electrons. The van der Waals surface area contributed by atoms with Crippen LogP contribution in [0, 0.1) is 0 Å². The number of ether oxygens (including phenoxy) is 1. The number of nitrogens with zero attached hydrogens (tertiary/aromatic N) is 2. The number of halogens is 1. The van der Waals surface area contributed by atoms with Gasteiger partial charge in [-0.05, 0) is 7.05 Å². The van der Waals surface area contributed by atoms with Crippen molar-refractivity contribution < 1.29 is 4.74 Å². The van der Waals surface area contributed by atoms with Crippen LogP contribution in [0.2, 0.25) is 5.15 Å². The Morgan fingerprint density at radius 2 is 2.35 bits per heavy atom. The lowest BCUT2D eigenvalue weighted by atomic mass is 10.3. The van der Waals surface area contributed by atoms with Crippen molar-refractivity contribution in [2.75, 3.05) is 26.7 Å². The number of aromatic amines is 1. The van der Waals surface area contributed by atoms with Gasteiger partial charge in [-0.2, -0.15) is 0 Å². The molecule has 2 heterocycles. The highest BCUT2D eigenvalue weighted by Gasteiger charge is 2.19. The average Bonchev–Trinajstić information content (AvgIpc) is 2.23. The van der Waals surface area contributed by atoms with E-state index in [0.717, 1.165) is 11.1 Å². The van der Waals surface area contributed by atoms with Gasteiger partial charge in [0.1, 0.15) is 5.15 Å². The van der Waals surface area contributed by atoms with E-state index in [1.165, 1.54) is 6.07 Å². The number of H-pyrrole nitrogens is 1. The van der Waals surface area contributed by atoms with Crippen LogP contribution in [0.3, 0.4) is 0 Å². The van der Waals surface area contributed by atoms with Gasteiger partial charge in [-0.1, -0.05) is 11.6 Å². The molecule has 6 nitrogen and oxygen atoms in total. The average molecular weight is 260 g/mol. The van der Waals surface area contributed by atoms with Gasteiger partial charge >= 0.3 is 5.69 Å². The Morgan fingerprint density at radius 1 is 1.59 bits per heavy atom. The Kier molecular flexibility index (Phi) is 3.66. The first-order valence-electron chi connectivity index (χ1n) is 5.36. The van der Waals surface area contributed by atoms with Crippen LogP contribution in [0.25, 0.3) is 0 Å². The summed E-state index contributed by atoms with van der Waals surface area (Å²) >= 11 is 5.58. The van der Waals surface area contributed by atoms with E-state index in [2.05, 4.69) is 9.88 Å². The number of likely N-dealkylation sites (N-methyl/N-ethyl adjacent to an activating group) is 1. The van der Waals surface area contributed by atoms with Crippen molar-refractivity contribution in [2.24, 2.45) is 0 Å². The summed E-state index contributed by atoms with van der Waals surface area (Å²) in [6, 6.07) is 1.19. The molecule has 0 aliphatic carbocycles. The highest BCUT2D eigenvalue weighted by molar-refractivity contribution is 6.29. The molecule has 0 amide bonds. The minimum absolute atomic E-state index is 0.0536. The van der Waals surface area contributed by atoms with Crippen LogP contribution in [0.5, 0.6) is 0 Å². The van der Waals surface area contributed by atoms with Crippen LogP contribution in [0.1, 0.15) is 0 Å². The highest BCUT2D eigenvalue weighted by Crippen LogP contribution is 2.04. The van der Waals surface area contributed by atoms with Gasteiger partial charge in [0.15, 0.2) is 0 Å². The Bertz CT molecular complexity index is 479. The molecular formula is C10H14ClN3O3. The second-order valence-corrected chi connectivity index (χ2v) is 4.53. The fraction of sp³-hybridized carbons (Fsp3) is 0.600. The molecule has 1 aromatic rings. The Morgan fingerprint density at radius 3 is 3.00 bits per heavy atom. The maximum Gasteiger partial charge on any atom is 0.329 e. The first-order valence-corrected chi connectivity index (χ1v) is 5.74. The number of morpholine rings is 1. The number of aromatic nitrogens is 2. The third-order valence-corrected chi connectivity index (χ3v) is 2.92. The largest absolute Gasteiger partial charge is 0.374 e. The minimum atomic E-state index is -0.501. The third kappa shape index (κ3) is 2.96. The zero-order valence-corrected chi connectivity index (χ0v) is 10.2. The molecule has 2 rings (SSSR count). The van der Waals surface area contributed by atoms with Gasteiger partial charge in [0.2, 0.25) is 0 Å². The van der Waals surface area contributed by atoms with Crippen LogP contribution in [0.4, 0.5) is 0 Å². The molecule has 1 N–H and O–H groups in total. The van der Waals surface area contributed by atoms with Crippen molar-refractivity contribution in [1.29, 1.82) is 0 Å². The van der Waals surface area contributed by atoms with Gasteiger partial charge in [-0.3, -0.25) is 14.3 Å². The van der Waals surface area contributed by atoms with Gasteiger partial charge < -0.3 is 9.64 Å². The molecule has 1 aliphatic heterocycles. The SMILES string of the molecule is CN1CCOC(Cn2c(=O)cc(Cl)[nH]c2=O)C1. The first-order chi connectivity index (χ1) is 8.06. The van der Waals surface area contributed by atoms with Crippen LogP contribution in [-0.2, 0) is 11.3 Å². The number of hydrogen-bond donors (Lipinski definition) is 1. The number of nitrogens with one attached hydrogen (secondary N) is 1. The molecule has 0 bridgehead atoms. The molecule has 0 aromatic carbocycles. The maximum absolute atomic E-state index is 11.6. The van der Waals surface area contributed by atoms with Gasteiger partial charge in [0, 0.05) is 19.2 Å². The predicted octanol–water partition coefficient (Wildman–Crippen LogP) is -0.479. The van der Waals surface area contributed by atoms with E-state index in [0.29, 0.717) is 13.2 Å². The summed E-state index contributed by atoms with van der Waals surface area (Å²) in [6.07, 6.45) is -0.145. The lowest BCUT2D eigenvalue weighted by Crippen LogP contribution is -2.46. The van der Waals surface area contributed by atoms with Crippen LogP contribution >= 0.6 is 11.6 Å².